The summed E-state index contributed by atoms with van der Waals surface area (Å²) in [6.45, 7) is 0.118. The second-order valence-electron chi connectivity index (χ2n) is 4.03. The highest BCUT2D eigenvalue weighted by molar-refractivity contribution is 7.89. The van der Waals surface area contributed by atoms with Crippen LogP contribution in [0, 0.1) is 0 Å². The van der Waals surface area contributed by atoms with Crippen LogP contribution < -0.4 is 14.8 Å². The van der Waals surface area contributed by atoms with E-state index < -0.39 is 10.0 Å². The van der Waals surface area contributed by atoms with Gasteiger partial charge >= 0.3 is 0 Å². The molecule has 0 fully saturated rings. The maximum atomic E-state index is 12.1. The second-order valence-corrected chi connectivity index (χ2v) is 5.79. The molecule has 112 valence electrons. The lowest BCUT2D eigenvalue weighted by Crippen LogP contribution is -2.23. The molecular weight excluding hydrogens is 294 g/mol. The number of nitrogens with zero attached hydrogens (tertiary/aromatic N) is 3. The summed E-state index contributed by atoms with van der Waals surface area (Å²) in [5.74, 6) is 0.825. The number of nitrogens with one attached hydrogen (secondary N) is 2. The summed E-state index contributed by atoms with van der Waals surface area (Å²) < 4.78 is 31.5. The maximum absolute atomic E-state index is 12.1. The first kappa shape index (κ1) is 15.1. The number of rotatable bonds is 6. The molecular formula is C12H15N5O3S. The molecule has 8 nitrogen and oxygen atoms in total. The lowest BCUT2D eigenvalue weighted by atomic mass is 10.3. The van der Waals surface area contributed by atoms with Crippen molar-refractivity contribution >= 4 is 16.0 Å². The van der Waals surface area contributed by atoms with Crippen LogP contribution in [0.5, 0.6) is 5.88 Å². The van der Waals surface area contributed by atoms with Crippen LogP contribution in [0.15, 0.2) is 35.6 Å². The number of aromatic nitrogens is 3. The fourth-order valence-corrected chi connectivity index (χ4v) is 2.39. The number of sulfonamides is 1. The molecule has 0 spiro atoms. The van der Waals surface area contributed by atoms with E-state index in [1.54, 1.807) is 25.4 Å². The molecule has 21 heavy (non-hydrogen) atoms. The van der Waals surface area contributed by atoms with Crippen molar-refractivity contribution in [2.24, 2.45) is 0 Å². The van der Waals surface area contributed by atoms with Gasteiger partial charge in [-0.15, -0.1) is 0 Å². The highest BCUT2D eigenvalue weighted by Crippen LogP contribution is 2.10. The molecule has 2 aromatic rings. The van der Waals surface area contributed by atoms with Crippen molar-refractivity contribution in [3.05, 3.63) is 36.3 Å². The minimum absolute atomic E-state index is 0.00275. The SMILES string of the molecule is CNc1ncc(S(=O)(=O)NCc2ccc(OC)nc2)cn1. The zero-order valence-corrected chi connectivity index (χ0v) is 12.4. The molecule has 0 unspecified atom stereocenters. The van der Waals surface area contributed by atoms with Crippen molar-refractivity contribution in [3.63, 3.8) is 0 Å². The Morgan fingerprint density at radius 3 is 2.38 bits per heavy atom. The van der Waals surface area contributed by atoms with Crippen molar-refractivity contribution in [3.8, 4) is 5.88 Å². The molecule has 0 aliphatic carbocycles. The highest BCUT2D eigenvalue weighted by atomic mass is 32.2. The number of pyridine rings is 1. The van der Waals surface area contributed by atoms with Crippen LogP contribution in [0.4, 0.5) is 5.95 Å². The van der Waals surface area contributed by atoms with E-state index in [0.717, 1.165) is 0 Å². The molecule has 2 N–H and O–H groups in total. The van der Waals surface area contributed by atoms with Crippen LogP contribution in [-0.2, 0) is 16.6 Å². The van der Waals surface area contributed by atoms with Crippen molar-refractivity contribution in [1.29, 1.82) is 0 Å². The van der Waals surface area contributed by atoms with Gasteiger partial charge in [0.15, 0.2) is 0 Å². The molecule has 9 heteroatoms. The first-order valence-corrected chi connectivity index (χ1v) is 7.52. The standard InChI is InChI=1S/C12H15N5O3S/c1-13-12-15-7-10(8-16-12)21(18,19)17-6-9-3-4-11(20-2)14-5-9/h3-5,7-8,17H,6H2,1-2H3,(H,13,15,16). The van der Waals surface area contributed by atoms with Crippen molar-refractivity contribution in [2.45, 2.75) is 11.4 Å². The zero-order valence-electron chi connectivity index (χ0n) is 11.6. The molecule has 2 rings (SSSR count). The molecule has 0 bridgehead atoms. The molecule has 2 heterocycles. The molecule has 0 radical (unpaired) electrons. The summed E-state index contributed by atoms with van der Waals surface area (Å²) in [7, 11) is -0.496. The van der Waals surface area contributed by atoms with Crippen molar-refractivity contribution in [1.82, 2.24) is 19.7 Å². The fourth-order valence-electron chi connectivity index (χ4n) is 1.48. The Morgan fingerprint density at radius 1 is 1.14 bits per heavy atom. The molecule has 0 amide bonds. The monoisotopic (exact) mass is 309 g/mol. The third-order valence-electron chi connectivity index (χ3n) is 2.64. The van der Waals surface area contributed by atoms with Crippen molar-refractivity contribution < 1.29 is 13.2 Å². The molecule has 0 aliphatic heterocycles. The summed E-state index contributed by atoms with van der Waals surface area (Å²) in [5, 5.41) is 2.72. The zero-order chi connectivity index (χ0) is 15.3. The first-order chi connectivity index (χ1) is 10.0. The normalized spacial score (nSPS) is 11.1. The van der Waals surface area contributed by atoms with Crippen LogP contribution >= 0.6 is 0 Å². The minimum Gasteiger partial charge on any atom is -0.481 e. The lowest BCUT2D eigenvalue weighted by molar-refractivity contribution is 0.397. The Bertz CT molecular complexity index is 686. The van der Waals surface area contributed by atoms with E-state index in [0.29, 0.717) is 17.4 Å². The number of ether oxygens (including phenoxy) is 1. The van der Waals surface area contributed by atoms with Crippen LogP contribution in [0.1, 0.15) is 5.56 Å². The summed E-state index contributed by atoms with van der Waals surface area (Å²) >= 11 is 0. The maximum Gasteiger partial charge on any atom is 0.243 e. The van der Waals surface area contributed by atoms with E-state index in [-0.39, 0.29) is 11.4 Å². The van der Waals surface area contributed by atoms with Gasteiger partial charge in [-0.05, 0) is 5.56 Å². The number of methoxy groups -OCH3 is 1. The van der Waals surface area contributed by atoms with Crippen LogP contribution in [-0.4, -0.2) is 37.5 Å². The molecule has 0 aromatic carbocycles. The predicted molar refractivity (Wildman–Crippen MR) is 76.4 cm³/mol. The lowest BCUT2D eigenvalue weighted by Gasteiger charge is -2.07. The van der Waals surface area contributed by atoms with Gasteiger partial charge in [0.25, 0.3) is 0 Å². The fraction of sp³-hybridized carbons (Fsp3) is 0.250. The van der Waals surface area contributed by atoms with Gasteiger partial charge in [0.2, 0.25) is 21.9 Å². The molecule has 0 saturated heterocycles. The summed E-state index contributed by atoms with van der Waals surface area (Å²) in [6.07, 6.45) is 4.03. The quantitative estimate of drug-likeness (QED) is 0.795. The van der Waals surface area contributed by atoms with Crippen molar-refractivity contribution in [2.75, 3.05) is 19.5 Å². The molecule has 0 saturated carbocycles. The third kappa shape index (κ3) is 3.86. The summed E-state index contributed by atoms with van der Waals surface area (Å²) in [5.41, 5.74) is 0.715. The van der Waals surface area contributed by atoms with Gasteiger partial charge in [0, 0.05) is 25.9 Å². The van der Waals surface area contributed by atoms with Gasteiger partial charge < -0.3 is 10.1 Å². The van der Waals surface area contributed by atoms with E-state index in [1.807, 2.05) is 0 Å². The average molecular weight is 309 g/mol. The molecule has 0 aliphatic rings. The van der Waals surface area contributed by atoms with Gasteiger partial charge in [-0.3, -0.25) is 0 Å². The third-order valence-corrected chi connectivity index (χ3v) is 3.99. The first-order valence-electron chi connectivity index (χ1n) is 6.03. The van der Waals surface area contributed by atoms with Crippen LogP contribution in [0.3, 0.4) is 0 Å². The van der Waals surface area contributed by atoms with Gasteiger partial charge in [0.1, 0.15) is 4.90 Å². The molecule has 0 atom stereocenters. The van der Waals surface area contributed by atoms with E-state index >= 15 is 0 Å². The Kier molecular flexibility index (Phi) is 4.66. The second kappa shape index (κ2) is 6.46. The van der Waals surface area contributed by atoms with Gasteiger partial charge in [-0.1, -0.05) is 6.07 Å². The van der Waals surface area contributed by atoms with Crippen LogP contribution in [0.25, 0.3) is 0 Å². The number of hydrogen-bond donors (Lipinski definition) is 2. The topological polar surface area (TPSA) is 106 Å². The molecule has 2 aromatic heterocycles. The predicted octanol–water partition coefficient (Wildman–Crippen LogP) is 0.400. The largest absolute Gasteiger partial charge is 0.481 e. The van der Waals surface area contributed by atoms with E-state index in [9.17, 15) is 8.42 Å². The number of anilines is 1. The van der Waals surface area contributed by atoms with E-state index in [4.69, 9.17) is 4.74 Å². The average Bonchev–Trinajstić information content (AvgIpc) is 2.53. The Balaban J connectivity index is 2.05. The van der Waals surface area contributed by atoms with E-state index in [1.165, 1.54) is 19.5 Å². The minimum atomic E-state index is -3.66. The highest BCUT2D eigenvalue weighted by Gasteiger charge is 2.15. The van der Waals surface area contributed by atoms with E-state index in [2.05, 4.69) is 25.0 Å². The van der Waals surface area contributed by atoms with Gasteiger partial charge in [0.05, 0.1) is 19.5 Å². The summed E-state index contributed by atoms with van der Waals surface area (Å²) in [6, 6.07) is 3.39. The summed E-state index contributed by atoms with van der Waals surface area (Å²) in [4.78, 5) is 11.7. The van der Waals surface area contributed by atoms with Crippen LogP contribution in [0.2, 0.25) is 0 Å². The van der Waals surface area contributed by atoms with Gasteiger partial charge in [-0.2, -0.15) is 0 Å². The smallest absolute Gasteiger partial charge is 0.243 e. The number of hydrogen-bond acceptors (Lipinski definition) is 7. The Morgan fingerprint density at radius 2 is 1.86 bits per heavy atom. The Labute approximate surface area is 122 Å². The Hall–Kier alpha value is -2.26. The van der Waals surface area contributed by atoms with Gasteiger partial charge in [-0.25, -0.2) is 28.1 Å².